The molecule has 2 aliphatic heterocycles. The molecule has 23 heavy (non-hydrogen) atoms. The zero-order chi connectivity index (χ0) is 16.8. The first-order valence-corrected chi connectivity index (χ1v) is 7.99. The summed E-state index contributed by atoms with van der Waals surface area (Å²) < 4.78 is 10.1. The summed E-state index contributed by atoms with van der Waals surface area (Å²) in [4.78, 5) is 31.0. The normalized spacial score (nSPS) is 26.9. The SMILES string of the molecule is C=CCOC(=O)N1C[C@H]([C@@H]2C[C@H](S)CN2C(=O)OCC=C)CO1. The van der Waals surface area contributed by atoms with Gasteiger partial charge in [0.1, 0.15) is 13.2 Å². The fourth-order valence-corrected chi connectivity index (χ4v) is 3.17. The number of rotatable bonds is 5. The zero-order valence-corrected chi connectivity index (χ0v) is 13.8. The smallest absolute Gasteiger partial charge is 0.434 e. The van der Waals surface area contributed by atoms with Crippen molar-refractivity contribution in [3.05, 3.63) is 25.3 Å². The molecule has 0 aliphatic carbocycles. The number of carbonyl (C=O) groups is 2. The molecule has 0 saturated carbocycles. The van der Waals surface area contributed by atoms with Gasteiger partial charge in [0.25, 0.3) is 0 Å². The van der Waals surface area contributed by atoms with Gasteiger partial charge in [-0.3, -0.25) is 4.84 Å². The van der Waals surface area contributed by atoms with Crippen molar-refractivity contribution in [2.75, 3.05) is 32.9 Å². The maximum absolute atomic E-state index is 12.1. The Bertz CT molecular complexity index is 473. The zero-order valence-electron chi connectivity index (χ0n) is 12.9. The molecule has 0 aromatic rings. The van der Waals surface area contributed by atoms with E-state index < -0.39 is 6.09 Å². The van der Waals surface area contributed by atoms with Crippen molar-refractivity contribution < 1.29 is 23.9 Å². The van der Waals surface area contributed by atoms with Crippen LogP contribution in [0.2, 0.25) is 0 Å². The minimum Gasteiger partial charge on any atom is -0.445 e. The number of carbonyl (C=O) groups excluding carboxylic acids is 2. The highest BCUT2D eigenvalue weighted by atomic mass is 32.1. The van der Waals surface area contributed by atoms with Crippen LogP contribution in [0.25, 0.3) is 0 Å². The van der Waals surface area contributed by atoms with Crippen molar-refractivity contribution in [2.45, 2.75) is 17.7 Å². The number of ether oxygens (including phenoxy) is 2. The highest BCUT2D eigenvalue weighted by molar-refractivity contribution is 7.81. The fraction of sp³-hybridized carbons (Fsp3) is 0.600. The molecule has 0 N–H and O–H groups in total. The van der Waals surface area contributed by atoms with Gasteiger partial charge < -0.3 is 14.4 Å². The first-order valence-electron chi connectivity index (χ1n) is 7.47. The molecule has 0 radical (unpaired) electrons. The Hall–Kier alpha value is -1.67. The summed E-state index contributed by atoms with van der Waals surface area (Å²) in [6.45, 7) is 8.54. The van der Waals surface area contributed by atoms with Gasteiger partial charge in [-0.1, -0.05) is 25.3 Å². The maximum atomic E-state index is 12.1. The van der Waals surface area contributed by atoms with Crippen LogP contribution < -0.4 is 0 Å². The molecule has 7 nitrogen and oxygen atoms in total. The monoisotopic (exact) mass is 342 g/mol. The van der Waals surface area contributed by atoms with E-state index in [1.54, 1.807) is 4.90 Å². The molecule has 0 unspecified atom stereocenters. The van der Waals surface area contributed by atoms with E-state index in [0.717, 1.165) is 6.42 Å². The fourth-order valence-electron chi connectivity index (χ4n) is 2.78. The van der Waals surface area contributed by atoms with Crippen LogP contribution in [-0.2, 0) is 14.3 Å². The first-order chi connectivity index (χ1) is 11.1. The highest BCUT2D eigenvalue weighted by Crippen LogP contribution is 2.31. The van der Waals surface area contributed by atoms with Gasteiger partial charge in [-0.25, -0.2) is 9.59 Å². The predicted octanol–water partition coefficient (Wildman–Crippen LogP) is 1.87. The first kappa shape index (κ1) is 17.7. The van der Waals surface area contributed by atoms with Crippen molar-refractivity contribution in [3.8, 4) is 0 Å². The number of hydroxylamine groups is 2. The molecule has 3 atom stereocenters. The van der Waals surface area contributed by atoms with Gasteiger partial charge in [-0.2, -0.15) is 17.7 Å². The predicted molar refractivity (Wildman–Crippen MR) is 87.1 cm³/mol. The minimum absolute atomic E-state index is 0.000266. The van der Waals surface area contributed by atoms with E-state index in [1.807, 2.05) is 0 Å². The average molecular weight is 342 g/mol. The van der Waals surface area contributed by atoms with E-state index in [1.165, 1.54) is 17.2 Å². The van der Waals surface area contributed by atoms with Crippen LogP contribution in [-0.4, -0.2) is 66.4 Å². The van der Waals surface area contributed by atoms with Gasteiger partial charge in [-0.15, -0.1) is 0 Å². The lowest BCUT2D eigenvalue weighted by atomic mass is 9.99. The van der Waals surface area contributed by atoms with Crippen LogP contribution in [0.1, 0.15) is 6.42 Å². The molecular weight excluding hydrogens is 320 g/mol. The summed E-state index contributed by atoms with van der Waals surface area (Å²) in [6, 6.07) is -0.0768. The average Bonchev–Trinajstić information content (AvgIpc) is 3.16. The van der Waals surface area contributed by atoms with Gasteiger partial charge in [0.2, 0.25) is 0 Å². The molecule has 0 aromatic heterocycles. The van der Waals surface area contributed by atoms with Crippen LogP contribution >= 0.6 is 12.6 Å². The molecule has 0 aromatic carbocycles. The molecule has 2 amide bonds. The Labute approximate surface area is 141 Å². The van der Waals surface area contributed by atoms with Gasteiger partial charge in [0.15, 0.2) is 0 Å². The Balaban J connectivity index is 1.94. The van der Waals surface area contributed by atoms with Crippen molar-refractivity contribution in [1.82, 2.24) is 9.96 Å². The summed E-state index contributed by atoms with van der Waals surface area (Å²) in [5, 5.41) is 1.27. The summed E-state index contributed by atoms with van der Waals surface area (Å²) in [7, 11) is 0. The second kappa shape index (κ2) is 8.26. The van der Waals surface area contributed by atoms with E-state index in [2.05, 4.69) is 25.8 Å². The van der Waals surface area contributed by atoms with Crippen LogP contribution in [0.15, 0.2) is 25.3 Å². The molecule has 2 aliphatic rings. The van der Waals surface area contributed by atoms with E-state index >= 15 is 0 Å². The molecular formula is C15H22N2O5S. The molecule has 0 spiro atoms. The molecule has 2 saturated heterocycles. The number of thiol groups is 1. The maximum Gasteiger partial charge on any atom is 0.434 e. The third-order valence-electron chi connectivity index (χ3n) is 3.80. The molecule has 8 heteroatoms. The van der Waals surface area contributed by atoms with E-state index in [-0.39, 0.29) is 36.5 Å². The summed E-state index contributed by atoms with van der Waals surface area (Å²) >= 11 is 4.47. The van der Waals surface area contributed by atoms with Crippen LogP contribution in [0.4, 0.5) is 9.59 Å². The van der Waals surface area contributed by atoms with E-state index in [9.17, 15) is 9.59 Å². The van der Waals surface area contributed by atoms with Crippen LogP contribution in [0, 0.1) is 5.92 Å². The Morgan fingerprint density at radius 2 is 1.83 bits per heavy atom. The van der Waals surface area contributed by atoms with Crippen molar-refractivity contribution in [1.29, 1.82) is 0 Å². The van der Waals surface area contributed by atoms with Crippen molar-refractivity contribution in [3.63, 3.8) is 0 Å². The molecule has 2 heterocycles. The number of amides is 2. The third kappa shape index (κ3) is 4.42. The number of nitrogens with zero attached hydrogens (tertiary/aromatic N) is 2. The Morgan fingerprint density at radius 1 is 1.17 bits per heavy atom. The molecule has 2 fully saturated rings. The topological polar surface area (TPSA) is 68.3 Å². The molecule has 2 rings (SSSR count). The standard InChI is InChI=1S/C15H22N2O5S/c1-3-5-20-14(18)16-9-12(23)7-13(16)11-8-17(22-10-11)15(19)21-6-4-2/h3-4,11-13,23H,1-2,5-10H2/t11-,12-,13-/m0/s1. The lowest BCUT2D eigenvalue weighted by molar-refractivity contribution is -0.0901. The summed E-state index contributed by atoms with van der Waals surface area (Å²) in [5.74, 6) is -0.000266. The van der Waals surface area contributed by atoms with Crippen molar-refractivity contribution >= 4 is 24.8 Å². The third-order valence-corrected chi connectivity index (χ3v) is 4.17. The van der Waals surface area contributed by atoms with Crippen molar-refractivity contribution in [2.24, 2.45) is 5.92 Å². The molecule has 0 bridgehead atoms. The van der Waals surface area contributed by atoms with Gasteiger partial charge in [-0.05, 0) is 6.42 Å². The highest BCUT2D eigenvalue weighted by Gasteiger charge is 2.43. The van der Waals surface area contributed by atoms with Gasteiger partial charge in [0, 0.05) is 23.8 Å². The van der Waals surface area contributed by atoms with Crippen LogP contribution in [0.3, 0.4) is 0 Å². The largest absolute Gasteiger partial charge is 0.445 e. The number of hydrogen-bond donors (Lipinski definition) is 1. The second-order valence-electron chi connectivity index (χ2n) is 5.46. The molecule has 128 valence electrons. The van der Waals surface area contributed by atoms with E-state index in [0.29, 0.717) is 19.7 Å². The second-order valence-corrected chi connectivity index (χ2v) is 6.19. The van der Waals surface area contributed by atoms with Gasteiger partial charge in [0.05, 0.1) is 13.2 Å². The Kier molecular flexibility index (Phi) is 6.35. The Morgan fingerprint density at radius 3 is 2.48 bits per heavy atom. The number of likely N-dealkylation sites (tertiary alicyclic amines) is 1. The van der Waals surface area contributed by atoms with E-state index in [4.69, 9.17) is 14.3 Å². The van der Waals surface area contributed by atoms with Gasteiger partial charge >= 0.3 is 12.2 Å². The quantitative estimate of drug-likeness (QED) is 0.610. The van der Waals surface area contributed by atoms with Crippen LogP contribution in [0.5, 0.6) is 0 Å². The lowest BCUT2D eigenvalue weighted by Crippen LogP contribution is -2.42. The minimum atomic E-state index is -0.548. The number of hydrogen-bond acceptors (Lipinski definition) is 6. The summed E-state index contributed by atoms with van der Waals surface area (Å²) in [6.07, 6.45) is 2.81. The summed E-state index contributed by atoms with van der Waals surface area (Å²) in [5.41, 5.74) is 0. The lowest BCUT2D eigenvalue weighted by Gasteiger charge is -2.27.